The number of alkyl carbamates (subject to hydrolysis) is 1. The summed E-state index contributed by atoms with van der Waals surface area (Å²) >= 11 is 0. The zero-order chi connectivity index (χ0) is 33.6. The number of carbonyl (C=O) groups excluding carboxylic acids is 4. The van der Waals surface area contributed by atoms with Crippen molar-refractivity contribution >= 4 is 30.0 Å². The van der Waals surface area contributed by atoms with Gasteiger partial charge in [0.1, 0.15) is 23.3 Å². The SMILES string of the molecule is C=CCCCCC[C@H](C(=O)OCC)N(C(C)=O)C(=O)OC(C)(C)C.C=CCCCCC[C@H](NC(=O)OC(C)(C)C)C(=O)O.[Li+].[OH-]. The summed E-state index contributed by atoms with van der Waals surface area (Å²) in [4.78, 5) is 60.0. The van der Waals surface area contributed by atoms with Crippen LogP contribution >= 0.6 is 0 Å². The number of hydrogen-bond acceptors (Lipinski definition) is 9. The van der Waals surface area contributed by atoms with Crippen LogP contribution < -0.4 is 24.2 Å². The number of aliphatic carboxylic acids is 1. The van der Waals surface area contributed by atoms with Crippen LogP contribution in [0.15, 0.2) is 25.3 Å². The van der Waals surface area contributed by atoms with Gasteiger partial charge in [-0.05, 0) is 87.0 Å². The Morgan fingerprint density at radius 2 is 1.29 bits per heavy atom. The van der Waals surface area contributed by atoms with Crippen molar-refractivity contribution in [3.05, 3.63) is 25.3 Å². The number of carbonyl (C=O) groups is 5. The molecular weight excluding hydrogens is 579 g/mol. The van der Waals surface area contributed by atoms with Gasteiger partial charge in [-0.3, -0.25) is 4.79 Å². The third-order valence-corrected chi connectivity index (χ3v) is 5.58. The number of esters is 1. The molecule has 0 heterocycles. The first kappa shape index (κ1) is 49.1. The van der Waals surface area contributed by atoms with Gasteiger partial charge in [0.2, 0.25) is 5.91 Å². The van der Waals surface area contributed by atoms with Crippen LogP contribution in [0.1, 0.15) is 120 Å². The fraction of sp³-hybridized carbons (Fsp3) is 0.719. The second-order valence-corrected chi connectivity index (χ2v) is 12.0. The van der Waals surface area contributed by atoms with Crippen molar-refractivity contribution in [1.29, 1.82) is 0 Å². The van der Waals surface area contributed by atoms with Gasteiger partial charge in [-0.2, -0.15) is 0 Å². The number of nitrogens with zero attached hydrogens (tertiary/aromatic N) is 1. The smallest absolute Gasteiger partial charge is 0.870 e. The predicted octanol–water partition coefficient (Wildman–Crippen LogP) is 3.77. The molecule has 0 saturated heterocycles. The molecule has 256 valence electrons. The summed E-state index contributed by atoms with van der Waals surface area (Å²) < 4.78 is 15.3. The van der Waals surface area contributed by atoms with Crippen molar-refractivity contribution in [1.82, 2.24) is 10.2 Å². The van der Waals surface area contributed by atoms with Gasteiger partial charge >= 0.3 is 43.0 Å². The molecule has 0 unspecified atom stereocenters. The van der Waals surface area contributed by atoms with Crippen LogP contribution in [0.3, 0.4) is 0 Å². The molecule has 0 spiro atoms. The molecule has 0 saturated carbocycles. The third kappa shape index (κ3) is 27.2. The Morgan fingerprint density at radius 3 is 1.67 bits per heavy atom. The normalized spacial score (nSPS) is 11.8. The van der Waals surface area contributed by atoms with Crippen molar-refractivity contribution in [2.45, 2.75) is 143 Å². The Bertz CT molecular complexity index is 897. The minimum absolute atomic E-state index is 0. The number of carboxylic acid groups (broad SMARTS) is 1. The molecule has 0 fully saturated rings. The minimum Gasteiger partial charge on any atom is -0.870 e. The van der Waals surface area contributed by atoms with E-state index in [9.17, 15) is 24.0 Å². The zero-order valence-electron chi connectivity index (χ0n) is 29.1. The summed E-state index contributed by atoms with van der Waals surface area (Å²) in [6, 6.07) is -1.85. The number of nitrogens with one attached hydrogen (secondary N) is 1. The van der Waals surface area contributed by atoms with Crippen LogP contribution in [0.25, 0.3) is 0 Å². The molecule has 13 heteroatoms. The average Bonchev–Trinajstić information content (AvgIpc) is 2.85. The molecule has 0 rings (SSSR count). The maximum Gasteiger partial charge on any atom is 1.00 e. The van der Waals surface area contributed by atoms with E-state index in [4.69, 9.17) is 19.3 Å². The van der Waals surface area contributed by atoms with E-state index in [0.29, 0.717) is 19.3 Å². The fourth-order valence-corrected chi connectivity index (χ4v) is 3.70. The van der Waals surface area contributed by atoms with Gasteiger partial charge < -0.3 is 30.1 Å². The molecule has 0 aromatic heterocycles. The summed E-state index contributed by atoms with van der Waals surface area (Å²) in [6.07, 6.45) is 9.94. The van der Waals surface area contributed by atoms with Gasteiger partial charge in [-0.1, -0.05) is 37.8 Å². The minimum atomic E-state index is -1.03. The van der Waals surface area contributed by atoms with E-state index in [0.717, 1.165) is 49.8 Å². The summed E-state index contributed by atoms with van der Waals surface area (Å²) in [6.45, 7) is 20.7. The van der Waals surface area contributed by atoms with Crippen LogP contribution in [0.5, 0.6) is 0 Å². The molecule has 0 aromatic rings. The first-order valence-corrected chi connectivity index (χ1v) is 15.0. The van der Waals surface area contributed by atoms with Crippen LogP contribution in [0, 0.1) is 0 Å². The molecule has 12 nitrogen and oxygen atoms in total. The molecule has 0 radical (unpaired) electrons. The Morgan fingerprint density at radius 1 is 0.822 bits per heavy atom. The second-order valence-electron chi connectivity index (χ2n) is 12.0. The molecule has 0 aromatic carbocycles. The summed E-state index contributed by atoms with van der Waals surface area (Å²) in [5.41, 5.74) is -1.38. The number of imide groups is 1. The molecule has 0 aliphatic rings. The van der Waals surface area contributed by atoms with Gasteiger partial charge in [0.15, 0.2) is 0 Å². The quantitative estimate of drug-likeness (QED) is 0.0785. The van der Waals surface area contributed by atoms with E-state index in [-0.39, 0.29) is 30.9 Å². The van der Waals surface area contributed by atoms with E-state index < -0.39 is 53.3 Å². The van der Waals surface area contributed by atoms with Crippen molar-refractivity contribution in [2.75, 3.05) is 6.61 Å². The topological polar surface area (TPSA) is 179 Å². The molecule has 2 atom stereocenters. The maximum atomic E-state index is 12.3. The van der Waals surface area contributed by atoms with Crippen molar-refractivity contribution in [2.24, 2.45) is 0 Å². The van der Waals surface area contributed by atoms with Gasteiger partial charge in [0.25, 0.3) is 0 Å². The van der Waals surface area contributed by atoms with Gasteiger partial charge in [0, 0.05) is 6.92 Å². The number of carboxylic acids is 1. The number of amides is 3. The molecular formula is C32H57LiN2O10. The van der Waals surface area contributed by atoms with Gasteiger partial charge in [-0.15, -0.1) is 13.2 Å². The molecule has 3 N–H and O–H groups in total. The third-order valence-electron chi connectivity index (χ3n) is 5.58. The molecule has 45 heavy (non-hydrogen) atoms. The summed E-state index contributed by atoms with van der Waals surface area (Å²) in [7, 11) is 0. The Kier molecular flexibility index (Phi) is 28.8. The average molecular weight is 637 g/mol. The monoisotopic (exact) mass is 636 g/mol. The van der Waals surface area contributed by atoms with Crippen molar-refractivity contribution < 1.29 is 67.6 Å². The summed E-state index contributed by atoms with van der Waals surface area (Å²) in [5, 5.41) is 11.4. The van der Waals surface area contributed by atoms with E-state index in [1.807, 2.05) is 12.2 Å². The largest absolute Gasteiger partial charge is 1.00 e. The number of allylic oxidation sites excluding steroid dienone is 2. The van der Waals surface area contributed by atoms with Crippen molar-refractivity contribution in [3.63, 3.8) is 0 Å². The maximum absolute atomic E-state index is 12.3. The van der Waals surface area contributed by atoms with Crippen LogP contribution in [0.2, 0.25) is 0 Å². The fourth-order valence-electron chi connectivity index (χ4n) is 3.70. The number of unbranched alkanes of at least 4 members (excludes halogenated alkanes) is 6. The van der Waals surface area contributed by atoms with Crippen molar-refractivity contribution in [3.8, 4) is 0 Å². The van der Waals surface area contributed by atoms with E-state index in [2.05, 4.69) is 18.5 Å². The molecule has 0 aliphatic carbocycles. The first-order valence-electron chi connectivity index (χ1n) is 15.0. The number of hydrogen-bond donors (Lipinski definition) is 2. The predicted molar refractivity (Wildman–Crippen MR) is 168 cm³/mol. The summed E-state index contributed by atoms with van der Waals surface area (Å²) in [5.74, 6) is -2.15. The Labute approximate surface area is 282 Å². The number of rotatable bonds is 17. The number of ether oxygens (including phenoxy) is 3. The molecule has 0 bridgehead atoms. The zero-order valence-corrected chi connectivity index (χ0v) is 29.1. The van der Waals surface area contributed by atoms with E-state index in [1.165, 1.54) is 6.92 Å². The first-order chi connectivity index (χ1) is 19.9. The van der Waals surface area contributed by atoms with Crippen LogP contribution in [-0.2, 0) is 28.6 Å². The van der Waals surface area contributed by atoms with Crippen LogP contribution in [-0.4, -0.2) is 75.4 Å². The van der Waals surface area contributed by atoms with E-state index >= 15 is 0 Å². The Hall–Kier alpha value is -2.81. The molecule has 3 amide bonds. The van der Waals surface area contributed by atoms with Gasteiger partial charge in [-0.25, -0.2) is 24.1 Å². The second kappa shape index (κ2) is 26.4. The standard InChI is InChI=1S/C18H31NO5.C14H25NO4.Li.H2O/c1-7-9-10-11-12-13-15(16(21)23-8-2)19(14(3)20)17(22)24-18(4,5)6;1-5-6-7-8-9-10-11(12(16)17)15-13(18)19-14(2,3)4;;/h7,15H,1,8-13H2,2-6H3;5,11H,1,6-10H2,2-4H3,(H,15,18)(H,16,17);;1H2/q;;+1;/p-1/t15-;11-;;/m10../s1. The van der Waals surface area contributed by atoms with Crippen LogP contribution in [0.4, 0.5) is 9.59 Å². The van der Waals surface area contributed by atoms with E-state index in [1.54, 1.807) is 48.5 Å². The molecule has 0 aliphatic heterocycles. The van der Waals surface area contributed by atoms with Gasteiger partial charge in [0.05, 0.1) is 6.61 Å². The Balaban J connectivity index is -0.000000366.